The van der Waals surface area contributed by atoms with Crippen LogP contribution < -0.4 is 15.1 Å². The van der Waals surface area contributed by atoms with Crippen molar-refractivity contribution in [3.05, 3.63) is 0 Å². The third-order valence-electron chi connectivity index (χ3n) is 4.58. The maximum Gasteiger partial charge on any atom is 1.00 e. The molecule has 5 nitrogen and oxygen atoms in total. The molecule has 0 aliphatic rings. The molecule has 0 aromatic heterocycles. The van der Waals surface area contributed by atoms with Crippen molar-refractivity contribution in [2.24, 2.45) is 0 Å². The zero-order chi connectivity index (χ0) is 16.8. The number of nitrogens with zero attached hydrogens (tertiary/aromatic N) is 2. The molecule has 0 aliphatic carbocycles. The molecular formula is C14H37BN2O3. The number of hydrogen-bond acceptors (Lipinski definition) is 3. The normalized spacial score (nSPS) is 10.9. The first-order valence-corrected chi connectivity index (χ1v) is 7.74. The first kappa shape index (κ1) is 24.9. The predicted molar refractivity (Wildman–Crippen MR) is 82.5 cm³/mol. The van der Waals surface area contributed by atoms with Gasteiger partial charge in [0.25, 0.3) is 0 Å². The summed E-state index contributed by atoms with van der Waals surface area (Å²) >= 11 is 0. The molecule has 6 heteroatoms. The van der Waals surface area contributed by atoms with Crippen molar-refractivity contribution in [2.75, 3.05) is 53.4 Å². The standard InChI is InChI=1S/2C7H18N.BO3/c2*1-5-8(4,6-2)7-3;2-1(3)4/h2*5-7H2,1-4H3;/q2*+1;-3/p+1. The van der Waals surface area contributed by atoms with Gasteiger partial charge in [0.1, 0.15) is 0 Å². The molecule has 124 valence electrons. The maximum atomic E-state index is 8.42. The lowest BCUT2D eigenvalue weighted by Crippen LogP contribution is -2.56. The molecule has 0 bridgehead atoms. The van der Waals surface area contributed by atoms with E-state index in [-0.39, 0.29) is 1.43 Å². The Kier molecular flexibility index (Phi) is 17.2. The highest BCUT2D eigenvalue weighted by Gasteiger charge is 2.11. The van der Waals surface area contributed by atoms with Crippen LogP contribution in [-0.4, -0.2) is 69.7 Å². The van der Waals surface area contributed by atoms with E-state index in [1.54, 1.807) is 0 Å². The molecule has 0 N–H and O–H groups in total. The summed E-state index contributed by atoms with van der Waals surface area (Å²) in [5.41, 5.74) is 0. The Hall–Kier alpha value is -0.135. The second-order valence-electron chi connectivity index (χ2n) is 5.43. The zero-order valence-electron chi connectivity index (χ0n) is 15.9. The molecule has 0 atom stereocenters. The highest BCUT2D eigenvalue weighted by atomic mass is 16.5. The van der Waals surface area contributed by atoms with Crippen molar-refractivity contribution in [2.45, 2.75) is 41.5 Å². The van der Waals surface area contributed by atoms with Gasteiger partial charge >= 0.3 is 1.43 Å². The van der Waals surface area contributed by atoms with Gasteiger partial charge in [0.15, 0.2) is 0 Å². The fourth-order valence-electron chi connectivity index (χ4n) is 1.34. The van der Waals surface area contributed by atoms with E-state index in [9.17, 15) is 0 Å². The number of hydrogen-bond donors (Lipinski definition) is 0. The van der Waals surface area contributed by atoms with Gasteiger partial charge in [-0.25, -0.2) is 0 Å². The molecule has 0 fully saturated rings. The van der Waals surface area contributed by atoms with Gasteiger partial charge in [-0.05, 0) is 41.5 Å². The first-order valence-electron chi connectivity index (χ1n) is 7.74. The van der Waals surface area contributed by atoms with Crippen LogP contribution in [0.15, 0.2) is 0 Å². The van der Waals surface area contributed by atoms with Crippen LogP contribution in [0.5, 0.6) is 0 Å². The summed E-state index contributed by atoms with van der Waals surface area (Å²) in [5.74, 6) is 0. The van der Waals surface area contributed by atoms with E-state index in [1.165, 1.54) is 48.2 Å². The summed E-state index contributed by atoms with van der Waals surface area (Å²) < 4.78 is 2.42. The van der Waals surface area contributed by atoms with Crippen LogP contribution in [-0.2, 0) is 0 Å². The fraction of sp³-hybridized carbons (Fsp3) is 1.00. The molecule has 0 saturated heterocycles. The Labute approximate surface area is 128 Å². The monoisotopic (exact) mass is 292 g/mol. The minimum absolute atomic E-state index is 0. The van der Waals surface area contributed by atoms with Gasteiger partial charge in [-0.15, -0.1) is 0 Å². The summed E-state index contributed by atoms with van der Waals surface area (Å²) in [6.45, 7) is 21.0. The van der Waals surface area contributed by atoms with Crippen LogP contribution in [0.3, 0.4) is 0 Å². The van der Waals surface area contributed by atoms with Gasteiger partial charge in [0, 0.05) is 0 Å². The Morgan fingerprint density at radius 2 is 0.700 bits per heavy atom. The Bertz CT molecular complexity index is 165. The zero-order valence-corrected chi connectivity index (χ0v) is 14.9. The fourth-order valence-corrected chi connectivity index (χ4v) is 1.34. The van der Waals surface area contributed by atoms with Gasteiger partial charge < -0.3 is 24.0 Å². The molecule has 0 aromatic rings. The molecule has 0 aliphatic heterocycles. The van der Waals surface area contributed by atoms with Crippen molar-refractivity contribution in [1.82, 2.24) is 0 Å². The second kappa shape index (κ2) is 13.8. The second-order valence-corrected chi connectivity index (χ2v) is 5.43. The minimum Gasteiger partial charge on any atom is -0.907 e. The van der Waals surface area contributed by atoms with E-state index in [2.05, 4.69) is 55.6 Å². The summed E-state index contributed by atoms with van der Waals surface area (Å²) in [4.78, 5) is 0. The molecule has 0 spiro atoms. The van der Waals surface area contributed by atoms with Gasteiger partial charge in [0.05, 0.1) is 53.4 Å². The smallest absolute Gasteiger partial charge is 0.907 e. The lowest BCUT2D eigenvalue weighted by molar-refractivity contribution is -0.904. The number of rotatable bonds is 6. The van der Waals surface area contributed by atoms with Gasteiger partial charge in [-0.3, -0.25) is 7.32 Å². The molecule has 0 saturated carbocycles. The van der Waals surface area contributed by atoms with Gasteiger partial charge in [0.2, 0.25) is 0 Å². The van der Waals surface area contributed by atoms with Crippen molar-refractivity contribution in [1.29, 1.82) is 0 Å². The van der Waals surface area contributed by atoms with Crippen molar-refractivity contribution < 1.29 is 25.5 Å². The van der Waals surface area contributed by atoms with Crippen LogP contribution in [0.4, 0.5) is 0 Å². The third kappa shape index (κ3) is 15.9. The van der Waals surface area contributed by atoms with E-state index >= 15 is 0 Å². The van der Waals surface area contributed by atoms with E-state index in [1.807, 2.05) is 0 Å². The van der Waals surface area contributed by atoms with Crippen molar-refractivity contribution in [3.8, 4) is 0 Å². The molecule has 0 aromatic carbocycles. The maximum absolute atomic E-state index is 8.42. The minimum atomic E-state index is -2.92. The molecule has 0 rings (SSSR count). The summed E-state index contributed by atoms with van der Waals surface area (Å²) in [6, 6.07) is 0. The predicted octanol–water partition coefficient (Wildman–Crippen LogP) is -0.850. The van der Waals surface area contributed by atoms with Gasteiger partial charge in [-0.2, -0.15) is 0 Å². The first-order chi connectivity index (χ1) is 9.10. The van der Waals surface area contributed by atoms with Crippen LogP contribution in [0.2, 0.25) is 0 Å². The van der Waals surface area contributed by atoms with E-state index < -0.39 is 7.32 Å². The van der Waals surface area contributed by atoms with E-state index in [0.717, 1.165) is 0 Å². The lowest BCUT2D eigenvalue weighted by Gasteiger charge is -2.35. The van der Waals surface area contributed by atoms with Crippen LogP contribution >= 0.6 is 0 Å². The summed E-state index contributed by atoms with van der Waals surface area (Å²) in [7, 11) is 1.67. The SMILES string of the molecule is CC[N+](C)(CC)CC.CC[N+](C)(CC)CC.[H+].[O-]B([O-])[O-]. The average Bonchev–Trinajstić information content (AvgIpc) is 2.45. The molecule has 0 unspecified atom stereocenters. The molecule has 0 amide bonds. The average molecular weight is 292 g/mol. The molecule has 0 heterocycles. The lowest BCUT2D eigenvalue weighted by atomic mass is 10.3. The van der Waals surface area contributed by atoms with Crippen LogP contribution in [0.25, 0.3) is 0 Å². The van der Waals surface area contributed by atoms with Crippen molar-refractivity contribution >= 4 is 7.32 Å². The highest BCUT2D eigenvalue weighted by Crippen LogP contribution is 1.98. The van der Waals surface area contributed by atoms with Crippen molar-refractivity contribution in [3.63, 3.8) is 0 Å². The number of quaternary nitrogens is 2. The molecule has 20 heavy (non-hydrogen) atoms. The van der Waals surface area contributed by atoms with E-state index in [4.69, 9.17) is 15.1 Å². The quantitative estimate of drug-likeness (QED) is 0.473. The van der Waals surface area contributed by atoms with Gasteiger partial charge in [-0.1, -0.05) is 0 Å². The van der Waals surface area contributed by atoms with Crippen LogP contribution in [0.1, 0.15) is 43.0 Å². The Morgan fingerprint density at radius 3 is 0.700 bits per heavy atom. The summed E-state index contributed by atoms with van der Waals surface area (Å²) in [6.07, 6.45) is 0. The van der Waals surface area contributed by atoms with Crippen LogP contribution in [0, 0.1) is 0 Å². The third-order valence-corrected chi connectivity index (χ3v) is 4.58. The Morgan fingerprint density at radius 1 is 0.600 bits per heavy atom. The summed E-state index contributed by atoms with van der Waals surface area (Å²) in [5, 5.41) is 25.2. The topological polar surface area (TPSA) is 69.2 Å². The Balaban J connectivity index is -0.000000107. The molecular weight excluding hydrogens is 255 g/mol. The highest BCUT2D eigenvalue weighted by molar-refractivity contribution is 6.24. The largest absolute Gasteiger partial charge is 1.00 e. The van der Waals surface area contributed by atoms with E-state index in [0.29, 0.717) is 0 Å². The molecule has 0 radical (unpaired) electrons.